The molecule has 0 aliphatic heterocycles. The largest absolute Gasteiger partial charge is 0.497 e. The molecule has 2 rings (SSSR count). The molecule has 0 N–H and O–H groups in total. The highest BCUT2D eigenvalue weighted by molar-refractivity contribution is 5.77. The summed E-state index contributed by atoms with van der Waals surface area (Å²) in [7, 11) is 3.14. The van der Waals surface area contributed by atoms with Crippen molar-refractivity contribution in [2.45, 2.75) is 26.7 Å². The molecule has 1 aromatic rings. The molecule has 0 bridgehead atoms. The molecule has 0 saturated heterocycles. The number of hydrogen-bond acceptors (Lipinski definition) is 3. The zero-order valence-corrected chi connectivity index (χ0v) is 13.3. The summed E-state index contributed by atoms with van der Waals surface area (Å²) in [6.07, 6.45) is 3.98. The fraction of sp³-hybridized carbons (Fsp3) is 0.500. The first-order valence-electron chi connectivity index (χ1n) is 7.54. The van der Waals surface area contributed by atoms with Crippen molar-refractivity contribution in [3.8, 4) is 5.75 Å². The first-order valence-corrected chi connectivity index (χ1v) is 7.54. The summed E-state index contributed by atoms with van der Waals surface area (Å²) in [6.45, 7) is 4.34. The van der Waals surface area contributed by atoms with E-state index in [1.807, 2.05) is 12.1 Å². The van der Waals surface area contributed by atoms with Gasteiger partial charge in [0.25, 0.3) is 0 Å². The van der Waals surface area contributed by atoms with Gasteiger partial charge in [-0.15, -0.1) is 0 Å². The fourth-order valence-electron chi connectivity index (χ4n) is 3.35. The van der Waals surface area contributed by atoms with Gasteiger partial charge in [0.1, 0.15) is 5.75 Å². The number of benzene rings is 1. The maximum absolute atomic E-state index is 11.9. The van der Waals surface area contributed by atoms with Crippen LogP contribution in [0, 0.1) is 17.8 Å². The Balaban J connectivity index is 2.29. The predicted molar refractivity (Wildman–Crippen MR) is 84.0 cm³/mol. The van der Waals surface area contributed by atoms with E-state index in [0.29, 0.717) is 11.8 Å². The molecule has 0 saturated carbocycles. The number of methoxy groups -OCH3 is 2. The maximum Gasteiger partial charge on any atom is 0.309 e. The van der Waals surface area contributed by atoms with E-state index in [1.165, 1.54) is 18.2 Å². The summed E-state index contributed by atoms with van der Waals surface area (Å²) in [5.41, 5.74) is 2.56. The Labute approximate surface area is 127 Å². The highest BCUT2D eigenvalue weighted by Crippen LogP contribution is 2.42. The van der Waals surface area contributed by atoms with E-state index in [9.17, 15) is 4.79 Å². The molecule has 21 heavy (non-hydrogen) atoms. The highest BCUT2D eigenvalue weighted by Gasteiger charge is 2.35. The van der Waals surface area contributed by atoms with Crippen molar-refractivity contribution in [3.05, 3.63) is 35.9 Å². The van der Waals surface area contributed by atoms with Crippen molar-refractivity contribution in [2.75, 3.05) is 14.2 Å². The fourth-order valence-corrected chi connectivity index (χ4v) is 3.35. The molecule has 0 heterocycles. The molecule has 3 nitrogen and oxygen atoms in total. The quantitative estimate of drug-likeness (QED) is 0.787. The van der Waals surface area contributed by atoms with Gasteiger partial charge < -0.3 is 9.47 Å². The van der Waals surface area contributed by atoms with Crippen LogP contribution in [-0.2, 0) is 9.53 Å². The SMILES string of the molecule is CCC1C(c2ccc(OC)cc2)=CCC(C(=O)OC)C1C. The summed E-state index contributed by atoms with van der Waals surface area (Å²) < 4.78 is 10.2. The van der Waals surface area contributed by atoms with Crippen LogP contribution < -0.4 is 4.74 Å². The number of carbonyl (C=O) groups excluding carboxylic acids is 1. The molecule has 3 heteroatoms. The van der Waals surface area contributed by atoms with Crippen LogP contribution in [0.5, 0.6) is 5.75 Å². The molecule has 0 fully saturated rings. The lowest BCUT2D eigenvalue weighted by atomic mass is 9.70. The number of esters is 1. The summed E-state index contributed by atoms with van der Waals surface area (Å²) in [4.78, 5) is 11.9. The van der Waals surface area contributed by atoms with Crippen LogP contribution in [0.15, 0.2) is 30.3 Å². The third-order valence-electron chi connectivity index (χ3n) is 4.63. The summed E-state index contributed by atoms with van der Waals surface area (Å²) in [5, 5.41) is 0. The molecule has 3 atom stereocenters. The Bertz CT molecular complexity index is 516. The van der Waals surface area contributed by atoms with Crippen molar-refractivity contribution in [1.82, 2.24) is 0 Å². The molecular formula is C18H24O3. The Hall–Kier alpha value is -1.77. The van der Waals surface area contributed by atoms with E-state index in [1.54, 1.807) is 7.11 Å². The van der Waals surface area contributed by atoms with Gasteiger partial charge in [-0.1, -0.05) is 32.1 Å². The van der Waals surface area contributed by atoms with Crippen molar-refractivity contribution in [3.63, 3.8) is 0 Å². The Morgan fingerprint density at radius 2 is 1.90 bits per heavy atom. The Kier molecular flexibility index (Phi) is 5.05. The summed E-state index contributed by atoms with van der Waals surface area (Å²) >= 11 is 0. The number of carbonyl (C=O) groups is 1. The van der Waals surface area contributed by atoms with Crippen LogP contribution in [0.4, 0.5) is 0 Å². The van der Waals surface area contributed by atoms with Crippen LogP contribution in [-0.4, -0.2) is 20.2 Å². The minimum absolute atomic E-state index is 0.0260. The number of allylic oxidation sites excluding steroid dienone is 2. The maximum atomic E-state index is 11.9. The molecule has 1 aliphatic rings. The summed E-state index contributed by atoms with van der Waals surface area (Å²) in [6, 6.07) is 8.16. The van der Waals surface area contributed by atoms with Gasteiger partial charge in [-0.3, -0.25) is 4.79 Å². The molecule has 114 valence electrons. The minimum Gasteiger partial charge on any atom is -0.497 e. The zero-order chi connectivity index (χ0) is 15.4. The zero-order valence-electron chi connectivity index (χ0n) is 13.3. The van der Waals surface area contributed by atoms with Gasteiger partial charge in [-0.05, 0) is 47.9 Å². The second-order valence-corrected chi connectivity index (χ2v) is 5.63. The van der Waals surface area contributed by atoms with E-state index < -0.39 is 0 Å². The van der Waals surface area contributed by atoms with Gasteiger partial charge in [-0.25, -0.2) is 0 Å². The third-order valence-corrected chi connectivity index (χ3v) is 4.63. The van der Waals surface area contributed by atoms with Gasteiger partial charge in [0.15, 0.2) is 0 Å². The molecule has 3 unspecified atom stereocenters. The number of ether oxygens (including phenoxy) is 2. The second kappa shape index (κ2) is 6.79. The van der Waals surface area contributed by atoms with Crippen molar-refractivity contribution in [2.24, 2.45) is 17.8 Å². The Morgan fingerprint density at radius 1 is 1.24 bits per heavy atom. The summed E-state index contributed by atoms with van der Waals surface area (Å²) in [5.74, 6) is 1.43. The van der Waals surface area contributed by atoms with Gasteiger partial charge in [0.2, 0.25) is 0 Å². The van der Waals surface area contributed by atoms with E-state index in [2.05, 4.69) is 32.1 Å². The number of hydrogen-bond donors (Lipinski definition) is 0. The van der Waals surface area contributed by atoms with Gasteiger partial charge in [0, 0.05) is 0 Å². The first-order chi connectivity index (χ1) is 10.1. The average Bonchev–Trinajstić information content (AvgIpc) is 2.54. The predicted octanol–water partition coefficient (Wildman–Crippen LogP) is 3.93. The molecule has 0 radical (unpaired) electrons. The first kappa shape index (κ1) is 15.6. The molecule has 1 aliphatic carbocycles. The molecule has 0 amide bonds. The smallest absolute Gasteiger partial charge is 0.309 e. The van der Waals surface area contributed by atoms with Gasteiger partial charge in [-0.2, -0.15) is 0 Å². The van der Waals surface area contributed by atoms with E-state index in [4.69, 9.17) is 9.47 Å². The molecule has 0 spiro atoms. The van der Waals surface area contributed by atoms with E-state index in [0.717, 1.165) is 18.6 Å². The van der Waals surface area contributed by atoms with Crippen LogP contribution in [0.3, 0.4) is 0 Å². The van der Waals surface area contributed by atoms with Crippen LogP contribution in [0.2, 0.25) is 0 Å². The van der Waals surface area contributed by atoms with Crippen molar-refractivity contribution in [1.29, 1.82) is 0 Å². The average molecular weight is 288 g/mol. The minimum atomic E-state index is -0.0917. The molecule has 1 aromatic carbocycles. The highest BCUT2D eigenvalue weighted by atomic mass is 16.5. The topological polar surface area (TPSA) is 35.5 Å². The van der Waals surface area contributed by atoms with Crippen LogP contribution in [0.25, 0.3) is 5.57 Å². The standard InChI is InChI=1S/C18H24O3/c1-5-15-12(2)16(18(19)21-4)10-11-17(15)13-6-8-14(20-3)9-7-13/h6-9,11-12,15-16H,5,10H2,1-4H3. The lowest BCUT2D eigenvalue weighted by Gasteiger charge is -2.34. The Morgan fingerprint density at radius 3 is 2.43 bits per heavy atom. The van der Waals surface area contributed by atoms with Crippen molar-refractivity contribution >= 4 is 11.5 Å². The monoisotopic (exact) mass is 288 g/mol. The van der Waals surface area contributed by atoms with E-state index in [-0.39, 0.29) is 11.9 Å². The van der Waals surface area contributed by atoms with Crippen molar-refractivity contribution < 1.29 is 14.3 Å². The lowest BCUT2D eigenvalue weighted by Crippen LogP contribution is -2.31. The molecule has 0 aromatic heterocycles. The second-order valence-electron chi connectivity index (χ2n) is 5.63. The molecular weight excluding hydrogens is 264 g/mol. The third kappa shape index (κ3) is 3.12. The lowest BCUT2D eigenvalue weighted by molar-refractivity contribution is -0.147. The van der Waals surface area contributed by atoms with Crippen LogP contribution >= 0.6 is 0 Å². The van der Waals surface area contributed by atoms with E-state index >= 15 is 0 Å². The number of rotatable bonds is 4. The van der Waals surface area contributed by atoms with Gasteiger partial charge >= 0.3 is 5.97 Å². The normalized spacial score (nSPS) is 25.1. The van der Waals surface area contributed by atoms with Gasteiger partial charge in [0.05, 0.1) is 20.1 Å². The van der Waals surface area contributed by atoms with Crippen LogP contribution in [0.1, 0.15) is 32.3 Å².